The van der Waals surface area contributed by atoms with Crippen molar-refractivity contribution in [2.45, 2.75) is 19.6 Å². The Labute approximate surface area is 118 Å². The SMILES string of the molecule is COc1ccc(C)cc1C(O)CNCc1nncn1C. The van der Waals surface area contributed by atoms with E-state index in [0.29, 0.717) is 18.8 Å². The van der Waals surface area contributed by atoms with Crippen LogP contribution < -0.4 is 10.1 Å². The summed E-state index contributed by atoms with van der Waals surface area (Å²) in [7, 11) is 3.49. The maximum Gasteiger partial charge on any atom is 0.146 e. The number of hydrogen-bond donors (Lipinski definition) is 2. The average molecular weight is 276 g/mol. The monoisotopic (exact) mass is 276 g/mol. The molecule has 6 nitrogen and oxygen atoms in total. The zero-order valence-corrected chi connectivity index (χ0v) is 12.0. The van der Waals surface area contributed by atoms with Crippen molar-refractivity contribution >= 4 is 0 Å². The van der Waals surface area contributed by atoms with Crippen LogP contribution in [0.25, 0.3) is 0 Å². The first-order chi connectivity index (χ1) is 9.61. The Bertz CT molecular complexity index is 568. The first-order valence-electron chi connectivity index (χ1n) is 6.48. The fourth-order valence-corrected chi connectivity index (χ4v) is 2.01. The maximum absolute atomic E-state index is 10.3. The van der Waals surface area contributed by atoms with E-state index in [1.54, 1.807) is 13.4 Å². The van der Waals surface area contributed by atoms with Crippen molar-refractivity contribution in [3.05, 3.63) is 41.5 Å². The molecule has 2 N–H and O–H groups in total. The molecule has 0 spiro atoms. The molecule has 2 rings (SSSR count). The summed E-state index contributed by atoms with van der Waals surface area (Å²) in [5.74, 6) is 1.52. The molecule has 1 aromatic heterocycles. The lowest BCUT2D eigenvalue weighted by Gasteiger charge is -2.16. The van der Waals surface area contributed by atoms with Crippen LogP contribution in [-0.4, -0.2) is 33.5 Å². The third-order valence-corrected chi connectivity index (χ3v) is 3.17. The number of aromatic nitrogens is 3. The normalized spacial score (nSPS) is 12.4. The van der Waals surface area contributed by atoms with Crippen molar-refractivity contribution in [3.63, 3.8) is 0 Å². The number of aryl methyl sites for hydroxylation is 2. The molecular weight excluding hydrogens is 256 g/mol. The summed E-state index contributed by atoms with van der Waals surface area (Å²) in [6.07, 6.45) is 1.02. The van der Waals surface area contributed by atoms with E-state index in [-0.39, 0.29) is 0 Å². The van der Waals surface area contributed by atoms with E-state index < -0.39 is 6.10 Å². The highest BCUT2D eigenvalue weighted by atomic mass is 16.5. The number of nitrogens with zero attached hydrogens (tertiary/aromatic N) is 3. The van der Waals surface area contributed by atoms with Crippen molar-refractivity contribution in [1.29, 1.82) is 0 Å². The molecule has 1 aromatic carbocycles. The van der Waals surface area contributed by atoms with Gasteiger partial charge in [-0.2, -0.15) is 0 Å². The highest BCUT2D eigenvalue weighted by Crippen LogP contribution is 2.25. The van der Waals surface area contributed by atoms with Gasteiger partial charge in [0.25, 0.3) is 0 Å². The molecule has 108 valence electrons. The van der Waals surface area contributed by atoms with Gasteiger partial charge in [-0.05, 0) is 19.1 Å². The molecule has 6 heteroatoms. The second kappa shape index (κ2) is 6.49. The minimum atomic E-state index is -0.627. The van der Waals surface area contributed by atoms with Crippen LogP contribution in [0.15, 0.2) is 24.5 Å². The molecule has 20 heavy (non-hydrogen) atoms. The molecule has 0 aliphatic heterocycles. The molecule has 0 bridgehead atoms. The fraction of sp³-hybridized carbons (Fsp3) is 0.429. The summed E-state index contributed by atoms with van der Waals surface area (Å²) in [6, 6.07) is 5.77. The fourth-order valence-electron chi connectivity index (χ4n) is 2.01. The van der Waals surface area contributed by atoms with E-state index in [9.17, 15) is 5.11 Å². The van der Waals surface area contributed by atoms with E-state index in [2.05, 4.69) is 15.5 Å². The van der Waals surface area contributed by atoms with Crippen LogP contribution in [0.1, 0.15) is 23.1 Å². The quantitative estimate of drug-likeness (QED) is 0.822. The van der Waals surface area contributed by atoms with Gasteiger partial charge in [0, 0.05) is 19.2 Å². The van der Waals surface area contributed by atoms with Crippen molar-refractivity contribution in [3.8, 4) is 5.75 Å². The lowest BCUT2D eigenvalue weighted by molar-refractivity contribution is 0.169. The molecule has 0 aliphatic rings. The summed E-state index contributed by atoms with van der Waals surface area (Å²) in [5.41, 5.74) is 1.88. The summed E-state index contributed by atoms with van der Waals surface area (Å²) < 4.78 is 7.12. The summed E-state index contributed by atoms with van der Waals surface area (Å²) in [5, 5.41) is 21.2. The zero-order chi connectivity index (χ0) is 14.5. The van der Waals surface area contributed by atoms with E-state index in [1.165, 1.54) is 0 Å². The van der Waals surface area contributed by atoms with E-state index >= 15 is 0 Å². The van der Waals surface area contributed by atoms with E-state index in [4.69, 9.17) is 4.74 Å². The molecule has 0 aliphatic carbocycles. The number of nitrogens with one attached hydrogen (secondary N) is 1. The number of benzene rings is 1. The van der Waals surface area contributed by atoms with E-state index in [1.807, 2.05) is 36.7 Å². The number of ether oxygens (including phenoxy) is 1. The van der Waals surface area contributed by atoms with Crippen LogP contribution >= 0.6 is 0 Å². The first kappa shape index (κ1) is 14.5. The summed E-state index contributed by atoms with van der Waals surface area (Å²) in [6.45, 7) is 2.97. The minimum absolute atomic E-state index is 0.423. The Kier molecular flexibility index (Phi) is 4.70. The number of methoxy groups -OCH3 is 1. The topological polar surface area (TPSA) is 72.2 Å². The van der Waals surface area contributed by atoms with Gasteiger partial charge in [-0.15, -0.1) is 10.2 Å². The van der Waals surface area contributed by atoms with Gasteiger partial charge in [-0.3, -0.25) is 0 Å². The predicted molar refractivity (Wildman–Crippen MR) is 75.4 cm³/mol. The van der Waals surface area contributed by atoms with Crippen molar-refractivity contribution in [2.24, 2.45) is 7.05 Å². The maximum atomic E-state index is 10.3. The molecule has 1 unspecified atom stereocenters. The Morgan fingerprint density at radius 2 is 2.25 bits per heavy atom. The second-order valence-electron chi connectivity index (χ2n) is 4.75. The van der Waals surface area contributed by atoms with Crippen LogP contribution in [0.5, 0.6) is 5.75 Å². The minimum Gasteiger partial charge on any atom is -0.496 e. The van der Waals surface area contributed by atoms with E-state index in [0.717, 1.165) is 17.0 Å². The molecular formula is C14H20N4O2. The van der Waals surface area contributed by atoms with Crippen LogP contribution in [0, 0.1) is 6.92 Å². The predicted octanol–water partition coefficient (Wildman–Crippen LogP) is 0.955. The Hall–Kier alpha value is -1.92. The van der Waals surface area contributed by atoms with Crippen molar-refractivity contribution in [2.75, 3.05) is 13.7 Å². The smallest absolute Gasteiger partial charge is 0.146 e. The molecule has 0 saturated heterocycles. The zero-order valence-electron chi connectivity index (χ0n) is 12.0. The van der Waals surface area contributed by atoms with Gasteiger partial charge >= 0.3 is 0 Å². The molecule has 2 aromatic rings. The molecule has 0 amide bonds. The number of hydrogen-bond acceptors (Lipinski definition) is 5. The Morgan fingerprint density at radius 3 is 2.90 bits per heavy atom. The van der Waals surface area contributed by atoms with Gasteiger partial charge < -0.3 is 19.7 Å². The largest absolute Gasteiger partial charge is 0.496 e. The van der Waals surface area contributed by atoms with Crippen LogP contribution in [-0.2, 0) is 13.6 Å². The summed E-state index contributed by atoms with van der Waals surface area (Å²) >= 11 is 0. The lowest BCUT2D eigenvalue weighted by atomic mass is 10.1. The number of aliphatic hydroxyl groups is 1. The lowest BCUT2D eigenvalue weighted by Crippen LogP contribution is -2.23. The average Bonchev–Trinajstić information content (AvgIpc) is 2.84. The van der Waals surface area contributed by atoms with Crippen molar-refractivity contribution < 1.29 is 9.84 Å². The Balaban J connectivity index is 1.96. The van der Waals surface area contributed by atoms with Gasteiger partial charge in [0.05, 0.1) is 19.8 Å². The molecule has 0 radical (unpaired) electrons. The highest BCUT2D eigenvalue weighted by Gasteiger charge is 2.13. The molecule has 1 atom stereocenters. The van der Waals surface area contributed by atoms with Gasteiger partial charge in [0.1, 0.15) is 17.9 Å². The second-order valence-corrected chi connectivity index (χ2v) is 4.75. The Morgan fingerprint density at radius 1 is 1.45 bits per heavy atom. The van der Waals surface area contributed by atoms with Gasteiger partial charge in [-0.1, -0.05) is 11.6 Å². The third kappa shape index (κ3) is 3.34. The number of rotatable bonds is 6. The van der Waals surface area contributed by atoms with Crippen LogP contribution in [0.4, 0.5) is 0 Å². The van der Waals surface area contributed by atoms with Gasteiger partial charge in [0.2, 0.25) is 0 Å². The third-order valence-electron chi connectivity index (χ3n) is 3.17. The first-order valence-corrected chi connectivity index (χ1v) is 6.48. The summed E-state index contributed by atoms with van der Waals surface area (Å²) in [4.78, 5) is 0. The van der Waals surface area contributed by atoms with Gasteiger partial charge in [0.15, 0.2) is 0 Å². The van der Waals surface area contributed by atoms with Crippen LogP contribution in [0.2, 0.25) is 0 Å². The molecule has 0 saturated carbocycles. The van der Waals surface area contributed by atoms with Crippen molar-refractivity contribution in [1.82, 2.24) is 20.1 Å². The molecule has 1 heterocycles. The molecule has 0 fully saturated rings. The number of aliphatic hydroxyl groups excluding tert-OH is 1. The highest BCUT2D eigenvalue weighted by molar-refractivity contribution is 5.38. The van der Waals surface area contributed by atoms with Gasteiger partial charge in [-0.25, -0.2) is 0 Å². The standard InChI is InChI=1S/C14H20N4O2/c1-10-4-5-13(20-3)11(6-10)12(19)7-15-8-14-17-16-9-18(14)2/h4-6,9,12,15,19H,7-8H2,1-3H3. The van der Waals surface area contributed by atoms with Crippen LogP contribution in [0.3, 0.4) is 0 Å².